The van der Waals surface area contributed by atoms with Gasteiger partial charge in [0.25, 0.3) is 5.91 Å². The number of benzene rings is 2. The molecule has 1 N–H and O–H groups in total. The minimum absolute atomic E-state index is 0.0122. The van der Waals surface area contributed by atoms with Crippen LogP contribution in [0, 0.1) is 6.92 Å². The number of piperazine rings is 1. The summed E-state index contributed by atoms with van der Waals surface area (Å²) in [6, 6.07) is 16.0. The molecular formula is C22H28N3O3+. The lowest BCUT2D eigenvalue weighted by molar-refractivity contribution is -0.917. The SMILES string of the molecule is COc1ccc(/C=N\OCC(=O)N2CC[NH+](Cc3ccccc3C)CC2)cc1. The van der Waals surface area contributed by atoms with Crippen molar-refractivity contribution >= 4 is 12.1 Å². The van der Waals surface area contributed by atoms with Gasteiger partial charge in [0.1, 0.15) is 12.3 Å². The van der Waals surface area contributed by atoms with E-state index in [-0.39, 0.29) is 12.5 Å². The predicted octanol–water partition coefficient (Wildman–Crippen LogP) is 1.28. The maximum absolute atomic E-state index is 12.3. The molecule has 3 rings (SSSR count). The Hall–Kier alpha value is -2.86. The van der Waals surface area contributed by atoms with Crippen molar-refractivity contribution in [2.75, 3.05) is 39.9 Å². The molecule has 1 amide bonds. The normalized spacial score (nSPS) is 15.0. The number of carbonyl (C=O) groups excluding carboxylic acids is 1. The Labute approximate surface area is 166 Å². The third-order valence-electron chi connectivity index (χ3n) is 5.11. The van der Waals surface area contributed by atoms with Crippen molar-refractivity contribution in [2.24, 2.45) is 5.16 Å². The van der Waals surface area contributed by atoms with Gasteiger partial charge in [-0.25, -0.2) is 0 Å². The van der Waals surface area contributed by atoms with Crippen LogP contribution in [0.1, 0.15) is 16.7 Å². The van der Waals surface area contributed by atoms with Crippen molar-refractivity contribution in [1.82, 2.24) is 4.90 Å². The molecule has 0 unspecified atom stereocenters. The van der Waals surface area contributed by atoms with E-state index in [9.17, 15) is 4.79 Å². The summed E-state index contributed by atoms with van der Waals surface area (Å²) >= 11 is 0. The first kappa shape index (κ1) is 19.9. The van der Waals surface area contributed by atoms with Gasteiger partial charge in [0.05, 0.1) is 39.5 Å². The van der Waals surface area contributed by atoms with Crippen LogP contribution in [0.5, 0.6) is 5.75 Å². The molecule has 0 radical (unpaired) electrons. The molecule has 0 aliphatic carbocycles. The Morgan fingerprint density at radius 2 is 1.86 bits per heavy atom. The first-order chi connectivity index (χ1) is 13.7. The van der Waals surface area contributed by atoms with Crippen LogP contribution in [-0.2, 0) is 16.2 Å². The van der Waals surface area contributed by atoms with Crippen molar-refractivity contribution in [3.05, 3.63) is 65.2 Å². The number of hydrogen-bond acceptors (Lipinski definition) is 4. The van der Waals surface area contributed by atoms with E-state index in [4.69, 9.17) is 9.57 Å². The smallest absolute Gasteiger partial charge is 0.263 e. The van der Waals surface area contributed by atoms with Crippen LogP contribution >= 0.6 is 0 Å². The van der Waals surface area contributed by atoms with Gasteiger partial charge in [0.15, 0.2) is 6.61 Å². The highest BCUT2D eigenvalue weighted by atomic mass is 16.6. The maximum Gasteiger partial charge on any atom is 0.263 e. The molecule has 6 heteroatoms. The van der Waals surface area contributed by atoms with Crippen LogP contribution < -0.4 is 9.64 Å². The molecule has 1 aliphatic heterocycles. The number of nitrogens with zero attached hydrogens (tertiary/aromatic N) is 2. The quantitative estimate of drug-likeness (QED) is 0.580. The molecule has 28 heavy (non-hydrogen) atoms. The molecule has 0 saturated carbocycles. The van der Waals surface area contributed by atoms with Crippen LogP contribution in [0.25, 0.3) is 0 Å². The van der Waals surface area contributed by atoms with E-state index >= 15 is 0 Å². The molecule has 2 aromatic carbocycles. The van der Waals surface area contributed by atoms with Crippen molar-refractivity contribution < 1.29 is 19.3 Å². The highest BCUT2D eigenvalue weighted by molar-refractivity contribution is 5.80. The molecular weight excluding hydrogens is 354 g/mol. The number of nitrogens with one attached hydrogen (secondary N) is 1. The van der Waals surface area contributed by atoms with Gasteiger partial charge in [-0.3, -0.25) is 4.79 Å². The Morgan fingerprint density at radius 3 is 2.54 bits per heavy atom. The zero-order valence-electron chi connectivity index (χ0n) is 16.6. The number of ether oxygens (including phenoxy) is 1. The number of hydrogen-bond donors (Lipinski definition) is 1. The summed E-state index contributed by atoms with van der Waals surface area (Å²) in [5.74, 6) is 0.777. The highest BCUT2D eigenvalue weighted by Crippen LogP contribution is 2.09. The number of amides is 1. The minimum Gasteiger partial charge on any atom is -0.497 e. The summed E-state index contributed by atoms with van der Waals surface area (Å²) in [7, 11) is 1.63. The number of quaternary nitrogens is 1. The monoisotopic (exact) mass is 382 g/mol. The van der Waals surface area contributed by atoms with E-state index in [0.717, 1.165) is 44.0 Å². The van der Waals surface area contributed by atoms with Gasteiger partial charge in [-0.05, 0) is 42.3 Å². The molecule has 148 valence electrons. The minimum atomic E-state index is -0.0280. The average molecular weight is 382 g/mol. The molecule has 0 spiro atoms. The number of carbonyl (C=O) groups is 1. The van der Waals surface area contributed by atoms with Crippen molar-refractivity contribution in [3.63, 3.8) is 0 Å². The van der Waals surface area contributed by atoms with E-state index in [1.165, 1.54) is 16.0 Å². The van der Waals surface area contributed by atoms with Crippen LogP contribution in [0.4, 0.5) is 0 Å². The second-order valence-electron chi connectivity index (χ2n) is 7.02. The largest absolute Gasteiger partial charge is 0.497 e. The second kappa shape index (κ2) is 9.90. The lowest BCUT2D eigenvalue weighted by Gasteiger charge is -2.32. The number of aryl methyl sites for hydroxylation is 1. The summed E-state index contributed by atoms with van der Waals surface area (Å²) in [6.07, 6.45) is 1.59. The van der Waals surface area contributed by atoms with Crippen molar-refractivity contribution in [3.8, 4) is 5.75 Å². The fourth-order valence-electron chi connectivity index (χ4n) is 3.30. The number of rotatable bonds is 7. The molecule has 0 bridgehead atoms. The Balaban J connectivity index is 1.39. The van der Waals surface area contributed by atoms with E-state index in [0.29, 0.717) is 0 Å². The van der Waals surface area contributed by atoms with Crippen molar-refractivity contribution in [2.45, 2.75) is 13.5 Å². The van der Waals surface area contributed by atoms with E-state index in [1.54, 1.807) is 13.3 Å². The number of methoxy groups -OCH3 is 1. The van der Waals surface area contributed by atoms with Crippen LogP contribution in [0.3, 0.4) is 0 Å². The predicted molar refractivity (Wildman–Crippen MR) is 109 cm³/mol. The highest BCUT2D eigenvalue weighted by Gasteiger charge is 2.24. The topological polar surface area (TPSA) is 55.6 Å². The Kier molecular flexibility index (Phi) is 7.03. The zero-order chi connectivity index (χ0) is 19.8. The molecule has 1 saturated heterocycles. The third kappa shape index (κ3) is 5.57. The first-order valence-corrected chi connectivity index (χ1v) is 9.61. The summed E-state index contributed by atoms with van der Waals surface area (Å²) < 4.78 is 5.11. The lowest BCUT2D eigenvalue weighted by Crippen LogP contribution is -3.13. The lowest BCUT2D eigenvalue weighted by atomic mass is 10.1. The summed E-state index contributed by atoms with van der Waals surface area (Å²) in [6.45, 7) is 6.55. The van der Waals surface area contributed by atoms with Crippen LogP contribution in [0.2, 0.25) is 0 Å². The van der Waals surface area contributed by atoms with Crippen LogP contribution in [-0.4, -0.2) is 56.9 Å². The Bertz CT molecular complexity index is 797. The Morgan fingerprint density at radius 1 is 1.14 bits per heavy atom. The molecule has 2 aromatic rings. The fraction of sp³-hybridized carbons (Fsp3) is 0.364. The average Bonchev–Trinajstić information content (AvgIpc) is 2.73. The molecule has 1 fully saturated rings. The van der Waals surface area contributed by atoms with Crippen molar-refractivity contribution in [1.29, 1.82) is 0 Å². The standard InChI is InChI=1S/C22H27N3O3/c1-18-5-3-4-6-20(18)16-24-11-13-25(14-12-24)22(26)17-28-23-15-19-7-9-21(27-2)10-8-19/h3-10,15H,11-14,16-17H2,1-2H3/p+1/b23-15-. The van der Waals surface area contributed by atoms with E-state index in [2.05, 4.69) is 36.3 Å². The second-order valence-corrected chi connectivity index (χ2v) is 7.02. The van der Waals surface area contributed by atoms with Gasteiger partial charge >= 0.3 is 0 Å². The van der Waals surface area contributed by atoms with Gasteiger partial charge in [-0.2, -0.15) is 0 Å². The summed E-state index contributed by atoms with van der Waals surface area (Å²) in [4.78, 5) is 20.9. The summed E-state index contributed by atoms with van der Waals surface area (Å²) in [5, 5.41) is 3.89. The van der Waals surface area contributed by atoms with Gasteiger partial charge < -0.3 is 19.4 Å². The molecule has 6 nitrogen and oxygen atoms in total. The fourth-order valence-corrected chi connectivity index (χ4v) is 3.30. The van der Waals surface area contributed by atoms with E-state index in [1.807, 2.05) is 29.2 Å². The zero-order valence-corrected chi connectivity index (χ0v) is 16.6. The molecule has 0 atom stereocenters. The van der Waals surface area contributed by atoms with Gasteiger partial charge in [-0.1, -0.05) is 29.4 Å². The van der Waals surface area contributed by atoms with E-state index < -0.39 is 0 Å². The maximum atomic E-state index is 12.3. The van der Waals surface area contributed by atoms with Crippen LogP contribution in [0.15, 0.2) is 53.7 Å². The summed E-state index contributed by atoms with van der Waals surface area (Å²) in [5.41, 5.74) is 3.60. The first-order valence-electron chi connectivity index (χ1n) is 9.61. The molecule has 0 aromatic heterocycles. The van der Waals surface area contributed by atoms with Gasteiger partial charge in [0.2, 0.25) is 0 Å². The molecule has 1 aliphatic rings. The third-order valence-corrected chi connectivity index (χ3v) is 5.11. The number of oxime groups is 1. The van der Waals surface area contributed by atoms with Gasteiger partial charge in [0, 0.05) is 5.56 Å². The van der Waals surface area contributed by atoms with Gasteiger partial charge in [-0.15, -0.1) is 0 Å². The molecule has 1 heterocycles.